The number of thioether (sulfide) groups is 1. The zero-order chi connectivity index (χ0) is 20.5. The lowest BCUT2D eigenvalue weighted by Gasteiger charge is -2.21. The van der Waals surface area contributed by atoms with Gasteiger partial charge in [0.05, 0.1) is 0 Å². The highest BCUT2D eigenvalue weighted by atomic mass is 35.5. The van der Waals surface area contributed by atoms with E-state index < -0.39 is 18.1 Å². The predicted octanol–water partition coefficient (Wildman–Crippen LogP) is 3.18. The van der Waals surface area contributed by atoms with Crippen LogP contribution in [0.2, 0.25) is 5.02 Å². The van der Waals surface area contributed by atoms with Crippen LogP contribution in [0.25, 0.3) is 0 Å². The first-order chi connectivity index (χ1) is 13.4. The van der Waals surface area contributed by atoms with E-state index in [9.17, 15) is 14.4 Å². The summed E-state index contributed by atoms with van der Waals surface area (Å²) in [4.78, 5) is 37.3. The topological polar surface area (TPSA) is 84.5 Å². The standard InChI is InChI=1S/C20H27ClN2O4S/c1-13(18(24)22-16-5-3-4-6-16)27-20(26)17(11-12-28-2)23-19(25)14-7-9-15(21)10-8-14/h7-10,13,16-17H,3-6,11-12H2,1-2H3,(H,22,24)(H,23,25)/t13-,17+/m0/s1. The third kappa shape index (κ3) is 7.02. The van der Waals surface area contributed by atoms with E-state index in [4.69, 9.17) is 16.3 Å². The molecule has 0 spiro atoms. The van der Waals surface area contributed by atoms with Gasteiger partial charge >= 0.3 is 5.97 Å². The fourth-order valence-electron chi connectivity index (χ4n) is 3.03. The van der Waals surface area contributed by atoms with E-state index in [-0.39, 0.29) is 17.9 Å². The smallest absolute Gasteiger partial charge is 0.329 e. The van der Waals surface area contributed by atoms with Crippen LogP contribution in [0, 0.1) is 0 Å². The molecule has 1 aromatic carbocycles. The molecule has 0 heterocycles. The maximum atomic E-state index is 12.6. The van der Waals surface area contributed by atoms with Gasteiger partial charge in [-0.3, -0.25) is 9.59 Å². The van der Waals surface area contributed by atoms with E-state index >= 15 is 0 Å². The van der Waals surface area contributed by atoms with Gasteiger partial charge in [0.2, 0.25) is 0 Å². The fourth-order valence-corrected chi connectivity index (χ4v) is 3.62. The van der Waals surface area contributed by atoms with Crippen molar-refractivity contribution in [2.24, 2.45) is 0 Å². The maximum absolute atomic E-state index is 12.6. The van der Waals surface area contributed by atoms with Crippen LogP contribution in [0.3, 0.4) is 0 Å². The lowest BCUT2D eigenvalue weighted by atomic mass is 10.1. The quantitative estimate of drug-likeness (QED) is 0.592. The van der Waals surface area contributed by atoms with E-state index in [1.54, 1.807) is 43.0 Å². The largest absolute Gasteiger partial charge is 0.451 e. The van der Waals surface area contributed by atoms with Crippen LogP contribution in [-0.2, 0) is 14.3 Å². The first-order valence-electron chi connectivity index (χ1n) is 9.47. The molecule has 0 aliphatic heterocycles. The van der Waals surface area contributed by atoms with Crippen molar-refractivity contribution in [2.45, 2.75) is 57.2 Å². The van der Waals surface area contributed by atoms with Crippen molar-refractivity contribution in [3.8, 4) is 0 Å². The molecule has 28 heavy (non-hydrogen) atoms. The summed E-state index contributed by atoms with van der Waals surface area (Å²) in [5.41, 5.74) is 0.401. The Kier molecular flexibility index (Phi) is 9.12. The van der Waals surface area contributed by atoms with Gasteiger partial charge in [-0.25, -0.2) is 4.79 Å². The maximum Gasteiger partial charge on any atom is 0.329 e. The van der Waals surface area contributed by atoms with E-state index in [0.29, 0.717) is 22.8 Å². The monoisotopic (exact) mass is 426 g/mol. The molecule has 1 aromatic rings. The molecule has 2 rings (SSSR count). The molecular formula is C20H27ClN2O4S. The summed E-state index contributed by atoms with van der Waals surface area (Å²) < 4.78 is 5.34. The van der Waals surface area contributed by atoms with E-state index in [1.165, 1.54) is 0 Å². The molecule has 154 valence electrons. The second-order valence-corrected chi connectivity index (χ2v) is 8.31. The van der Waals surface area contributed by atoms with Gasteiger partial charge < -0.3 is 15.4 Å². The molecule has 1 fully saturated rings. The molecule has 0 unspecified atom stereocenters. The summed E-state index contributed by atoms with van der Waals surface area (Å²) in [6.45, 7) is 1.55. The zero-order valence-corrected chi connectivity index (χ0v) is 17.8. The van der Waals surface area contributed by atoms with Gasteiger partial charge in [-0.1, -0.05) is 24.4 Å². The van der Waals surface area contributed by atoms with Crippen LogP contribution in [0.1, 0.15) is 49.4 Å². The third-order valence-electron chi connectivity index (χ3n) is 4.67. The van der Waals surface area contributed by atoms with E-state index in [2.05, 4.69) is 10.6 Å². The summed E-state index contributed by atoms with van der Waals surface area (Å²) in [5, 5.41) is 6.15. The Morgan fingerprint density at radius 1 is 1.21 bits per heavy atom. The Labute approximate surface area is 175 Å². The first kappa shape index (κ1) is 22.6. The van der Waals surface area contributed by atoms with Crippen LogP contribution in [0.5, 0.6) is 0 Å². The minimum atomic E-state index is -0.905. The summed E-state index contributed by atoms with van der Waals surface area (Å²) in [6.07, 6.45) is 5.55. The zero-order valence-electron chi connectivity index (χ0n) is 16.2. The number of amides is 2. The number of rotatable bonds is 9. The van der Waals surface area contributed by atoms with Crippen molar-refractivity contribution in [1.29, 1.82) is 0 Å². The number of carbonyl (C=O) groups excluding carboxylic acids is 3. The van der Waals surface area contributed by atoms with Crippen LogP contribution >= 0.6 is 23.4 Å². The number of ether oxygens (including phenoxy) is 1. The van der Waals surface area contributed by atoms with Crippen molar-refractivity contribution >= 4 is 41.1 Å². The second-order valence-electron chi connectivity index (χ2n) is 6.88. The van der Waals surface area contributed by atoms with Gasteiger partial charge in [0.1, 0.15) is 6.04 Å². The minimum absolute atomic E-state index is 0.158. The highest BCUT2D eigenvalue weighted by Gasteiger charge is 2.28. The summed E-state index contributed by atoms with van der Waals surface area (Å²) >= 11 is 7.41. The van der Waals surface area contributed by atoms with Crippen LogP contribution in [0.4, 0.5) is 0 Å². The molecule has 2 atom stereocenters. The fraction of sp³-hybridized carbons (Fsp3) is 0.550. The van der Waals surface area contributed by atoms with Gasteiger partial charge in [-0.2, -0.15) is 11.8 Å². The minimum Gasteiger partial charge on any atom is -0.451 e. The molecule has 8 heteroatoms. The molecule has 0 bridgehead atoms. The number of hydrogen-bond acceptors (Lipinski definition) is 5. The number of esters is 1. The van der Waals surface area contributed by atoms with Crippen LogP contribution < -0.4 is 10.6 Å². The molecule has 0 saturated heterocycles. The Hall–Kier alpha value is -1.73. The van der Waals surface area contributed by atoms with Crippen molar-refractivity contribution < 1.29 is 19.1 Å². The SMILES string of the molecule is CSCC[C@@H](NC(=O)c1ccc(Cl)cc1)C(=O)O[C@@H](C)C(=O)NC1CCCC1. The highest BCUT2D eigenvalue weighted by molar-refractivity contribution is 7.98. The lowest BCUT2D eigenvalue weighted by molar-refractivity contribution is -0.156. The lowest BCUT2D eigenvalue weighted by Crippen LogP contribution is -2.46. The van der Waals surface area contributed by atoms with E-state index in [0.717, 1.165) is 25.7 Å². The van der Waals surface area contributed by atoms with Crippen molar-refractivity contribution in [1.82, 2.24) is 10.6 Å². The Balaban J connectivity index is 1.94. The Bertz CT molecular complexity index is 677. The number of benzene rings is 1. The van der Waals surface area contributed by atoms with Crippen molar-refractivity contribution in [3.05, 3.63) is 34.9 Å². The highest BCUT2D eigenvalue weighted by Crippen LogP contribution is 2.18. The normalized spacial score (nSPS) is 16.2. The number of nitrogens with one attached hydrogen (secondary N) is 2. The Morgan fingerprint density at radius 3 is 2.46 bits per heavy atom. The van der Waals surface area contributed by atoms with Crippen molar-refractivity contribution in [3.63, 3.8) is 0 Å². The van der Waals surface area contributed by atoms with Crippen LogP contribution in [-0.4, -0.2) is 48.0 Å². The van der Waals surface area contributed by atoms with E-state index in [1.807, 2.05) is 6.26 Å². The van der Waals surface area contributed by atoms with Gasteiger partial charge in [0, 0.05) is 16.6 Å². The molecule has 0 aromatic heterocycles. The summed E-state index contributed by atoms with van der Waals surface area (Å²) in [5.74, 6) is -0.621. The second kappa shape index (κ2) is 11.3. The van der Waals surface area contributed by atoms with Gasteiger partial charge in [0.25, 0.3) is 11.8 Å². The van der Waals surface area contributed by atoms with Gasteiger partial charge in [-0.15, -0.1) is 0 Å². The summed E-state index contributed by atoms with van der Waals surface area (Å²) in [7, 11) is 0. The molecule has 1 aliphatic rings. The third-order valence-corrected chi connectivity index (χ3v) is 5.57. The van der Waals surface area contributed by atoms with Crippen LogP contribution in [0.15, 0.2) is 24.3 Å². The molecule has 1 saturated carbocycles. The molecule has 0 radical (unpaired) electrons. The molecule has 2 amide bonds. The Morgan fingerprint density at radius 2 is 1.86 bits per heavy atom. The van der Waals surface area contributed by atoms with Crippen molar-refractivity contribution in [2.75, 3.05) is 12.0 Å². The average molecular weight is 427 g/mol. The molecule has 1 aliphatic carbocycles. The number of carbonyl (C=O) groups is 3. The number of hydrogen-bond donors (Lipinski definition) is 2. The van der Waals surface area contributed by atoms with Gasteiger partial charge in [0.15, 0.2) is 6.10 Å². The number of halogens is 1. The average Bonchev–Trinajstić information content (AvgIpc) is 3.18. The molecule has 6 nitrogen and oxygen atoms in total. The molecule has 2 N–H and O–H groups in total. The summed E-state index contributed by atoms with van der Waals surface area (Å²) in [6, 6.07) is 5.74. The first-order valence-corrected chi connectivity index (χ1v) is 11.2. The predicted molar refractivity (Wildman–Crippen MR) is 112 cm³/mol. The molecular weight excluding hydrogens is 400 g/mol. The van der Waals surface area contributed by atoms with Gasteiger partial charge in [-0.05, 0) is 62.5 Å².